The molecule has 0 aliphatic carbocycles. The molecule has 0 aromatic heterocycles. The van der Waals surface area contributed by atoms with Crippen LogP contribution in [0.15, 0.2) is 0 Å². The van der Waals surface area contributed by atoms with E-state index >= 15 is 0 Å². The van der Waals surface area contributed by atoms with Crippen molar-refractivity contribution < 1.29 is 16.2 Å². The number of nitrogens with two attached hydrogens (primary N) is 1. The van der Waals surface area contributed by atoms with E-state index in [1.165, 1.54) is 0 Å². The predicted octanol–water partition coefficient (Wildman–Crippen LogP) is -1.65. The normalized spacial score (nSPS) is 7.00. The summed E-state index contributed by atoms with van der Waals surface area (Å²) in [5.74, 6) is 0. The summed E-state index contributed by atoms with van der Waals surface area (Å²) in [4.78, 5) is 0. The van der Waals surface area contributed by atoms with Crippen LogP contribution in [0.5, 0.6) is 0 Å². The Morgan fingerprint density at radius 1 is 1.67 bits per heavy atom. The molecule has 6 heavy (non-hydrogen) atoms. The van der Waals surface area contributed by atoms with Crippen LogP contribution in [-0.4, -0.2) is 42.6 Å². The molecule has 0 amide bonds. The molecule has 4 heteroatoms. The van der Waals surface area contributed by atoms with Crippen LogP contribution in [-0.2, 0) is 16.2 Å². The van der Waals surface area contributed by atoms with Crippen LogP contribution >= 0.6 is 0 Å². The van der Waals surface area contributed by atoms with E-state index < -0.39 is 0 Å². The maximum absolute atomic E-state index is 5.04. The zero-order valence-electron chi connectivity index (χ0n) is 2.85. The first-order valence-electron chi connectivity index (χ1n) is 1.44. The fourth-order valence-electron chi connectivity index (χ4n) is 0.0510. The third kappa shape index (κ3) is 9.06. The Bertz CT molecular complexity index is 19.0. The molecule has 0 aromatic rings. The summed E-state index contributed by atoms with van der Waals surface area (Å²) in [6, 6.07) is 0. The van der Waals surface area contributed by atoms with Crippen LogP contribution in [0.25, 0.3) is 0 Å². The summed E-state index contributed by atoms with van der Waals surface area (Å²) in [5, 5.41) is 0. The van der Waals surface area contributed by atoms with E-state index in [1.807, 2.05) is 0 Å². The Labute approximate surface area is 68.6 Å². The Kier molecular flexibility index (Phi) is 16.8. The van der Waals surface area contributed by atoms with E-state index in [0.29, 0.717) is 6.54 Å². The standard InChI is InChI=1S/C2H7N2.Fe.Na.H/c3-1-2-4;;;/h3H,1-2,4H2;;;/q-1;+1;;. The van der Waals surface area contributed by atoms with Crippen molar-refractivity contribution in [3.05, 3.63) is 0 Å². The maximum atomic E-state index is 5.04. The van der Waals surface area contributed by atoms with Gasteiger partial charge < -0.3 is 0 Å². The Hall–Kier alpha value is 1.44. The molecule has 0 unspecified atom stereocenters. The molecule has 35 valence electrons. The third-order valence-corrected chi connectivity index (χ3v) is 0.509. The van der Waals surface area contributed by atoms with Gasteiger partial charge in [0.05, 0.1) is 0 Å². The molecule has 0 atom stereocenters. The van der Waals surface area contributed by atoms with Crippen molar-refractivity contribution in [3.8, 4) is 0 Å². The number of nitrogens with one attached hydrogen (secondary N) is 1. The van der Waals surface area contributed by atoms with E-state index in [0.717, 1.165) is 6.54 Å². The average Bonchev–Trinajstić information content (AvgIpc) is 1.41. The molecule has 0 aromatic carbocycles. The molecule has 0 bridgehead atoms. The van der Waals surface area contributed by atoms with Crippen LogP contribution < -0.4 is 10.1 Å². The molecule has 0 saturated carbocycles. The number of hydrogen-bond acceptors (Lipinski definition) is 2. The van der Waals surface area contributed by atoms with Gasteiger partial charge in [-0.25, -0.2) is 0 Å². The van der Waals surface area contributed by atoms with Crippen molar-refractivity contribution in [2.24, 2.45) is 5.73 Å². The van der Waals surface area contributed by atoms with Crippen LogP contribution in [0.2, 0.25) is 0 Å². The summed E-state index contributed by atoms with van der Waals surface area (Å²) in [6.07, 6.45) is 0. The molecule has 3 N–H and O–H groups in total. The first-order valence-corrected chi connectivity index (χ1v) is 1.99. The van der Waals surface area contributed by atoms with Crippen molar-refractivity contribution in [3.63, 3.8) is 0 Å². The molecule has 0 spiro atoms. The van der Waals surface area contributed by atoms with Crippen LogP contribution in [0.3, 0.4) is 0 Å². The fraction of sp³-hybridized carbons (Fsp3) is 1.00. The summed E-state index contributed by atoms with van der Waals surface area (Å²) < 4.78 is 2.64. The van der Waals surface area contributed by atoms with Crippen molar-refractivity contribution in [2.45, 2.75) is 0 Å². The monoisotopic (exact) mass is 139 g/mol. The second-order valence-electron chi connectivity index (χ2n) is 0.664. The topological polar surface area (TPSA) is 38.0 Å². The van der Waals surface area contributed by atoms with Crippen molar-refractivity contribution in [2.75, 3.05) is 13.1 Å². The molecule has 0 aliphatic heterocycles. The minimum atomic E-state index is 0. The first-order chi connectivity index (χ1) is 2.41. The summed E-state index contributed by atoms with van der Waals surface area (Å²) >= 11 is 3.35. The zero-order valence-corrected chi connectivity index (χ0v) is 3.95. The predicted molar refractivity (Wildman–Crippen MR) is 24.2 cm³/mol. The summed E-state index contributed by atoms with van der Waals surface area (Å²) in [5.41, 5.74) is 5.04. The van der Waals surface area contributed by atoms with Gasteiger partial charge in [-0.1, -0.05) is 0 Å². The van der Waals surface area contributed by atoms with E-state index in [-0.39, 0.29) is 29.6 Å². The van der Waals surface area contributed by atoms with Gasteiger partial charge in [0.15, 0.2) is 0 Å². The second kappa shape index (κ2) is 9.67. The van der Waals surface area contributed by atoms with Crippen LogP contribution in [0, 0.1) is 0 Å². The van der Waals surface area contributed by atoms with Gasteiger partial charge in [-0.05, 0) is 0 Å². The molecule has 2 nitrogen and oxygen atoms in total. The molecule has 0 rings (SSSR count). The van der Waals surface area contributed by atoms with Gasteiger partial charge in [0.1, 0.15) is 0 Å². The summed E-state index contributed by atoms with van der Waals surface area (Å²) in [7, 11) is 0. The van der Waals surface area contributed by atoms with Crippen molar-refractivity contribution in [1.29, 1.82) is 0 Å². The fourth-order valence-corrected chi connectivity index (χ4v) is 0.210. The van der Waals surface area contributed by atoms with Gasteiger partial charge in [0, 0.05) is 0 Å². The van der Waals surface area contributed by atoms with Gasteiger partial charge in [-0.2, -0.15) is 0 Å². The molecule has 0 fully saturated rings. The quantitative estimate of drug-likeness (QED) is 0.449. The van der Waals surface area contributed by atoms with Gasteiger partial charge in [0.25, 0.3) is 0 Å². The second-order valence-corrected chi connectivity index (χ2v) is 1.05. The molecule has 0 radical (unpaired) electrons. The Morgan fingerprint density at radius 3 is 2.17 bits per heavy atom. The molecule has 0 aliphatic rings. The molecular weight excluding hydrogens is 131 g/mol. The van der Waals surface area contributed by atoms with Crippen LogP contribution in [0.4, 0.5) is 0 Å². The van der Waals surface area contributed by atoms with E-state index in [2.05, 4.69) is 20.6 Å². The van der Waals surface area contributed by atoms with E-state index in [4.69, 9.17) is 5.73 Å². The van der Waals surface area contributed by atoms with Crippen molar-refractivity contribution >= 4 is 29.6 Å². The van der Waals surface area contributed by atoms with Gasteiger partial charge in [-0.3, -0.25) is 0 Å². The van der Waals surface area contributed by atoms with Gasteiger partial charge >= 0.3 is 68.9 Å². The third-order valence-electron chi connectivity index (χ3n) is 0.233. The van der Waals surface area contributed by atoms with Gasteiger partial charge in [-0.15, -0.1) is 0 Å². The van der Waals surface area contributed by atoms with E-state index in [1.54, 1.807) is 0 Å². The minimum absolute atomic E-state index is 0. The average molecular weight is 139 g/mol. The molecule has 0 heterocycles. The van der Waals surface area contributed by atoms with Crippen LogP contribution in [0.1, 0.15) is 0 Å². The Morgan fingerprint density at radius 2 is 2.17 bits per heavy atom. The summed E-state index contributed by atoms with van der Waals surface area (Å²) in [6.45, 7) is 1.48. The number of hydrogen-bond donors (Lipinski definition) is 2. The van der Waals surface area contributed by atoms with E-state index in [9.17, 15) is 0 Å². The first kappa shape index (κ1) is 10.4. The Balaban J connectivity index is 0. The van der Waals surface area contributed by atoms with Crippen molar-refractivity contribution in [1.82, 2.24) is 4.33 Å². The molecule has 0 saturated heterocycles. The van der Waals surface area contributed by atoms with Gasteiger partial charge in [0.2, 0.25) is 0 Å². The molecular formula is C2H8FeN2Na. The SMILES string of the molecule is NCC[NH][Fe].[NaH]. The number of rotatable bonds is 2. The zero-order chi connectivity index (χ0) is 4.12.